The van der Waals surface area contributed by atoms with Gasteiger partial charge in [0.05, 0.1) is 12.7 Å². The molecule has 0 atom stereocenters. The highest BCUT2D eigenvalue weighted by Gasteiger charge is 2.21. The van der Waals surface area contributed by atoms with Gasteiger partial charge >= 0.3 is 5.97 Å². The van der Waals surface area contributed by atoms with Gasteiger partial charge in [0.25, 0.3) is 0 Å². The van der Waals surface area contributed by atoms with E-state index in [9.17, 15) is 4.79 Å². The molecule has 0 spiro atoms. The second-order valence-electron chi connectivity index (χ2n) is 6.13. The molecule has 4 heteroatoms. The second-order valence-corrected chi connectivity index (χ2v) is 6.13. The van der Waals surface area contributed by atoms with Gasteiger partial charge in [-0.3, -0.25) is 0 Å². The van der Waals surface area contributed by atoms with Crippen LogP contribution in [0.4, 0.5) is 5.69 Å². The molecule has 0 radical (unpaired) electrons. The van der Waals surface area contributed by atoms with Gasteiger partial charge in [0.15, 0.2) is 0 Å². The minimum absolute atomic E-state index is 0.293. The molecule has 2 aromatic carbocycles. The van der Waals surface area contributed by atoms with Crippen LogP contribution in [0.3, 0.4) is 0 Å². The van der Waals surface area contributed by atoms with Gasteiger partial charge in [-0.1, -0.05) is 30.3 Å². The topological polar surface area (TPSA) is 41.6 Å². The number of nitrogens with zero attached hydrogens (tertiary/aromatic N) is 1. The summed E-state index contributed by atoms with van der Waals surface area (Å²) in [7, 11) is 1.41. The number of nitrogens with one attached hydrogen (secondary N) is 1. The minimum atomic E-state index is -0.293. The summed E-state index contributed by atoms with van der Waals surface area (Å²) in [4.78, 5) is 14.1. The SMILES string of the molecule is COC(=O)c1ccc(N(Cc2ccccc2)C2CCNCC2)cc1. The maximum absolute atomic E-state index is 11.6. The molecular formula is C20H24N2O2. The summed E-state index contributed by atoms with van der Waals surface area (Å²) in [5, 5.41) is 3.43. The van der Waals surface area contributed by atoms with Gasteiger partial charge in [-0.2, -0.15) is 0 Å². The van der Waals surface area contributed by atoms with Crippen LogP contribution in [0, 0.1) is 0 Å². The first-order valence-corrected chi connectivity index (χ1v) is 8.47. The predicted molar refractivity (Wildman–Crippen MR) is 96.3 cm³/mol. The van der Waals surface area contributed by atoms with Gasteiger partial charge in [0, 0.05) is 18.3 Å². The maximum atomic E-state index is 11.6. The second kappa shape index (κ2) is 7.97. The fourth-order valence-electron chi connectivity index (χ4n) is 3.24. The quantitative estimate of drug-likeness (QED) is 0.858. The molecule has 4 nitrogen and oxygen atoms in total. The first-order chi connectivity index (χ1) is 11.8. The van der Waals surface area contributed by atoms with Gasteiger partial charge in [0.2, 0.25) is 0 Å². The molecule has 1 aliphatic heterocycles. The molecule has 24 heavy (non-hydrogen) atoms. The Morgan fingerprint density at radius 1 is 1.08 bits per heavy atom. The van der Waals surface area contributed by atoms with E-state index in [1.807, 2.05) is 30.3 Å². The van der Waals surface area contributed by atoms with Crippen molar-refractivity contribution in [2.24, 2.45) is 0 Å². The van der Waals surface area contributed by atoms with E-state index in [2.05, 4.69) is 34.5 Å². The van der Waals surface area contributed by atoms with Crippen molar-refractivity contribution in [2.75, 3.05) is 25.1 Å². The molecule has 0 bridgehead atoms. The van der Waals surface area contributed by atoms with Gasteiger partial charge in [0.1, 0.15) is 0 Å². The molecule has 0 unspecified atom stereocenters. The number of hydrogen-bond acceptors (Lipinski definition) is 4. The Bertz CT molecular complexity index is 649. The molecule has 1 fully saturated rings. The molecule has 0 aromatic heterocycles. The van der Waals surface area contributed by atoms with Crippen molar-refractivity contribution in [2.45, 2.75) is 25.4 Å². The summed E-state index contributed by atoms with van der Waals surface area (Å²) in [6.45, 7) is 2.98. The highest BCUT2D eigenvalue weighted by Crippen LogP contribution is 2.25. The third-order valence-corrected chi connectivity index (χ3v) is 4.57. The van der Waals surface area contributed by atoms with Gasteiger partial charge in [-0.05, 0) is 55.8 Å². The van der Waals surface area contributed by atoms with E-state index in [1.165, 1.54) is 12.7 Å². The Morgan fingerprint density at radius 3 is 2.38 bits per heavy atom. The van der Waals surface area contributed by atoms with Crippen LogP contribution in [0.5, 0.6) is 0 Å². The van der Waals surface area contributed by atoms with Crippen LogP contribution >= 0.6 is 0 Å². The first kappa shape index (κ1) is 16.5. The standard InChI is InChI=1S/C20H24N2O2/c1-24-20(23)17-7-9-18(10-8-17)22(19-11-13-21-14-12-19)15-16-5-3-2-4-6-16/h2-10,19,21H,11-15H2,1H3. The number of carbonyl (C=O) groups is 1. The number of esters is 1. The fraction of sp³-hybridized carbons (Fsp3) is 0.350. The highest BCUT2D eigenvalue weighted by molar-refractivity contribution is 5.89. The molecule has 0 aliphatic carbocycles. The lowest BCUT2D eigenvalue weighted by atomic mass is 10.0. The molecule has 1 heterocycles. The number of rotatable bonds is 5. The van der Waals surface area contributed by atoms with Gasteiger partial charge < -0.3 is 15.0 Å². The third-order valence-electron chi connectivity index (χ3n) is 4.57. The molecule has 0 saturated carbocycles. The van der Waals surface area contributed by atoms with Crippen molar-refractivity contribution in [3.05, 3.63) is 65.7 Å². The van der Waals surface area contributed by atoms with Crippen LogP contribution in [-0.4, -0.2) is 32.2 Å². The van der Waals surface area contributed by atoms with Crippen LogP contribution in [0.25, 0.3) is 0 Å². The van der Waals surface area contributed by atoms with Gasteiger partial charge in [-0.15, -0.1) is 0 Å². The number of ether oxygens (including phenoxy) is 1. The number of methoxy groups -OCH3 is 1. The van der Waals surface area contributed by atoms with Crippen LogP contribution in [0.2, 0.25) is 0 Å². The molecule has 1 saturated heterocycles. The van der Waals surface area contributed by atoms with E-state index < -0.39 is 0 Å². The molecule has 1 aliphatic rings. The summed E-state index contributed by atoms with van der Waals surface area (Å²) in [6.07, 6.45) is 2.26. The zero-order valence-corrected chi connectivity index (χ0v) is 14.1. The molecule has 3 rings (SSSR count). The molecular weight excluding hydrogens is 300 g/mol. The highest BCUT2D eigenvalue weighted by atomic mass is 16.5. The summed E-state index contributed by atoms with van der Waals surface area (Å²) in [5.41, 5.74) is 3.04. The van der Waals surface area contributed by atoms with Gasteiger partial charge in [-0.25, -0.2) is 4.79 Å². The summed E-state index contributed by atoms with van der Waals surface area (Å²) in [5.74, 6) is -0.293. The van der Waals surface area contributed by atoms with Crippen LogP contribution in [0.15, 0.2) is 54.6 Å². The monoisotopic (exact) mass is 324 g/mol. The number of hydrogen-bond donors (Lipinski definition) is 1. The Balaban J connectivity index is 1.84. The lowest BCUT2D eigenvalue weighted by Crippen LogP contribution is -2.43. The van der Waals surface area contributed by atoms with E-state index in [0.717, 1.165) is 38.2 Å². The van der Waals surface area contributed by atoms with Crippen molar-refractivity contribution in [1.29, 1.82) is 0 Å². The van der Waals surface area contributed by atoms with Crippen molar-refractivity contribution in [3.8, 4) is 0 Å². The van der Waals surface area contributed by atoms with Crippen LogP contribution < -0.4 is 10.2 Å². The Morgan fingerprint density at radius 2 is 1.75 bits per heavy atom. The number of anilines is 1. The molecule has 1 N–H and O–H groups in total. The Hall–Kier alpha value is -2.33. The van der Waals surface area contributed by atoms with Crippen LogP contribution in [0.1, 0.15) is 28.8 Å². The van der Waals surface area contributed by atoms with E-state index in [1.54, 1.807) is 0 Å². The zero-order chi connectivity index (χ0) is 16.8. The zero-order valence-electron chi connectivity index (χ0n) is 14.1. The van der Waals surface area contributed by atoms with E-state index in [4.69, 9.17) is 4.74 Å². The van der Waals surface area contributed by atoms with Crippen molar-refractivity contribution in [3.63, 3.8) is 0 Å². The normalized spacial score (nSPS) is 15.0. The first-order valence-electron chi connectivity index (χ1n) is 8.47. The summed E-state index contributed by atoms with van der Waals surface area (Å²) >= 11 is 0. The third kappa shape index (κ3) is 3.95. The fourth-order valence-corrected chi connectivity index (χ4v) is 3.24. The smallest absolute Gasteiger partial charge is 0.337 e. The summed E-state index contributed by atoms with van der Waals surface area (Å²) < 4.78 is 4.79. The number of piperidine rings is 1. The Kier molecular flexibility index (Phi) is 5.49. The Labute approximate surface area is 143 Å². The number of carbonyl (C=O) groups excluding carboxylic acids is 1. The predicted octanol–water partition coefficient (Wildman–Crippen LogP) is 3.23. The van der Waals surface area contributed by atoms with Crippen molar-refractivity contribution < 1.29 is 9.53 Å². The largest absolute Gasteiger partial charge is 0.465 e. The van der Waals surface area contributed by atoms with E-state index >= 15 is 0 Å². The lowest BCUT2D eigenvalue weighted by molar-refractivity contribution is 0.0601. The van der Waals surface area contributed by atoms with Crippen molar-refractivity contribution in [1.82, 2.24) is 5.32 Å². The van der Waals surface area contributed by atoms with E-state index in [0.29, 0.717) is 11.6 Å². The minimum Gasteiger partial charge on any atom is -0.465 e. The average molecular weight is 324 g/mol. The number of benzene rings is 2. The molecule has 126 valence electrons. The van der Waals surface area contributed by atoms with Crippen molar-refractivity contribution >= 4 is 11.7 Å². The van der Waals surface area contributed by atoms with Crippen LogP contribution in [-0.2, 0) is 11.3 Å². The average Bonchev–Trinajstić information content (AvgIpc) is 2.67. The maximum Gasteiger partial charge on any atom is 0.337 e. The summed E-state index contributed by atoms with van der Waals surface area (Å²) in [6, 6.07) is 18.8. The molecule has 2 aromatic rings. The van der Waals surface area contributed by atoms with E-state index in [-0.39, 0.29) is 5.97 Å². The molecule has 0 amide bonds. The lowest BCUT2D eigenvalue weighted by Gasteiger charge is -2.36.